The average molecular weight is 377 g/mol. The van der Waals surface area contributed by atoms with Gasteiger partial charge in [0.2, 0.25) is 11.8 Å². The molecule has 7 nitrogen and oxygen atoms in total. The highest BCUT2D eigenvalue weighted by atomic mass is 16.5. The molecule has 0 saturated carbocycles. The SMILES string of the molecule is CC(C)C[C@H](NC(=O)[C@H](CC(C)C)NC(=O)OCc1ccccc1)C(N)=O. The van der Waals surface area contributed by atoms with Crippen molar-refractivity contribution in [3.05, 3.63) is 35.9 Å². The summed E-state index contributed by atoms with van der Waals surface area (Å²) in [4.78, 5) is 36.3. The van der Waals surface area contributed by atoms with Crippen molar-refractivity contribution in [2.45, 2.75) is 59.2 Å². The van der Waals surface area contributed by atoms with Gasteiger partial charge in [0.15, 0.2) is 0 Å². The summed E-state index contributed by atoms with van der Waals surface area (Å²) in [6.45, 7) is 7.87. The fourth-order valence-electron chi connectivity index (χ4n) is 2.60. The lowest BCUT2D eigenvalue weighted by Gasteiger charge is -2.23. The second-order valence-electron chi connectivity index (χ2n) is 7.48. The van der Waals surface area contributed by atoms with E-state index in [0.29, 0.717) is 12.8 Å². The summed E-state index contributed by atoms with van der Waals surface area (Å²) < 4.78 is 5.19. The molecule has 0 saturated heterocycles. The molecule has 0 heterocycles. The largest absolute Gasteiger partial charge is 0.445 e. The van der Waals surface area contributed by atoms with E-state index in [0.717, 1.165) is 5.56 Å². The minimum absolute atomic E-state index is 0.111. The molecular formula is C20H31N3O4. The van der Waals surface area contributed by atoms with Crippen LogP contribution in [0.15, 0.2) is 30.3 Å². The molecule has 0 aliphatic carbocycles. The van der Waals surface area contributed by atoms with Crippen molar-refractivity contribution in [3.8, 4) is 0 Å². The first kappa shape index (κ1) is 22.5. The molecule has 0 aliphatic heterocycles. The van der Waals surface area contributed by atoms with E-state index in [1.54, 1.807) is 0 Å². The third-order valence-electron chi connectivity index (χ3n) is 3.90. The van der Waals surface area contributed by atoms with E-state index >= 15 is 0 Å². The third kappa shape index (κ3) is 9.08. The Morgan fingerprint density at radius 2 is 1.48 bits per heavy atom. The minimum Gasteiger partial charge on any atom is -0.445 e. The molecule has 1 aromatic rings. The van der Waals surface area contributed by atoms with Gasteiger partial charge in [-0.1, -0.05) is 58.0 Å². The van der Waals surface area contributed by atoms with Gasteiger partial charge in [-0.05, 0) is 30.2 Å². The van der Waals surface area contributed by atoms with Gasteiger partial charge >= 0.3 is 6.09 Å². The smallest absolute Gasteiger partial charge is 0.408 e. The number of rotatable bonds is 10. The Kier molecular flexibility index (Phi) is 9.33. The van der Waals surface area contributed by atoms with Gasteiger partial charge in [0, 0.05) is 0 Å². The van der Waals surface area contributed by atoms with Gasteiger partial charge < -0.3 is 21.1 Å². The molecule has 4 N–H and O–H groups in total. The molecule has 0 radical (unpaired) electrons. The maximum atomic E-state index is 12.6. The predicted molar refractivity (Wildman–Crippen MR) is 104 cm³/mol. The average Bonchev–Trinajstić information content (AvgIpc) is 2.58. The van der Waals surface area contributed by atoms with Crippen molar-refractivity contribution < 1.29 is 19.1 Å². The van der Waals surface area contributed by atoms with Gasteiger partial charge in [0.1, 0.15) is 18.7 Å². The van der Waals surface area contributed by atoms with Gasteiger partial charge in [0.05, 0.1) is 0 Å². The number of carbonyl (C=O) groups is 3. The normalized spacial score (nSPS) is 13.1. The number of hydrogen-bond acceptors (Lipinski definition) is 4. The van der Waals surface area contributed by atoms with Crippen LogP contribution < -0.4 is 16.4 Å². The first-order chi connectivity index (χ1) is 12.7. The van der Waals surface area contributed by atoms with Crippen molar-refractivity contribution in [2.75, 3.05) is 0 Å². The van der Waals surface area contributed by atoms with Crippen LogP contribution in [0.1, 0.15) is 46.1 Å². The standard InChI is InChI=1S/C20H31N3O4/c1-13(2)10-16(18(21)24)22-19(25)17(11-14(3)4)23-20(26)27-12-15-8-6-5-7-9-15/h5-9,13-14,16-17H,10-12H2,1-4H3,(H2,21,24)(H,22,25)(H,23,26)/t16-,17-/m0/s1. The van der Waals surface area contributed by atoms with Crippen molar-refractivity contribution in [2.24, 2.45) is 17.6 Å². The Bertz CT molecular complexity index is 617. The molecule has 0 aromatic heterocycles. The lowest BCUT2D eigenvalue weighted by atomic mass is 10.0. The van der Waals surface area contributed by atoms with E-state index in [1.165, 1.54) is 0 Å². The molecule has 0 aliphatic rings. The number of primary amides is 1. The first-order valence-corrected chi connectivity index (χ1v) is 9.26. The first-order valence-electron chi connectivity index (χ1n) is 9.26. The number of nitrogens with one attached hydrogen (secondary N) is 2. The van der Waals surface area contributed by atoms with Crippen LogP contribution >= 0.6 is 0 Å². The summed E-state index contributed by atoms with van der Waals surface area (Å²) in [6.07, 6.45) is 0.173. The highest BCUT2D eigenvalue weighted by Crippen LogP contribution is 2.09. The van der Waals surface area contributed by atoms with Crippen LogP contribution in [0.3, 0.4) is 0 Å². The Hall–Kier alpha value is -2.57. The molecule has 0 bridgehead atoms. The van der Waals surface area contributed by atoms with Crippen molar-refractivity contribution in [1.29, 1.82) is 0 Å². The van der Waals surface area contributed by atoms with Crippen molar-refractivity contribution in [3.63, 3.8) is 0 Å². The number of ether oxygens (including phenoxy) is 1. The highest BCUT2D eigenvalue weighted by Gasteiger charge is 2.27. The van der Waals surface area contributed by atoms with E-state index in [-0.39, 0.29) is 18.4 Å². The van der Waals surface area contributed by atoms with Crippen LogP contribution in [0.4, 0.5) is 4.79 Å². The van der Waals surface area contributed by atoms with Crippen LogP contribution in [0.5, 0.6) is 0 Å². The highest BCUT2D eigenvalue weighted by molar-refractivity contribution is 5.90. The number of carbonyl (C=O) groups excluding carboxylic acids is 3. The summed E-state index contributed by atoms with van der Waals surface area (Å²) in [5, 5.41) is 5.24. The van der Waals surface area contributed by atoms with Crippen LogP contribution in [0, 0.1) is 11.8 Å². The number of amides is 3. The molecule has 0 spiro atoms. The zero-order valence-electron chi connectivity index (χ0n) is 16.5. The van der Waals surface area contributed by atoms with Gasteiger partial charge in [0.25, 0.3) is 0 Å². The Morgan fingerprint density at radius 3 is 2.00 bits per heavy atom. The minimum atomic E-state index is -0.803. The lowest BCUT2D eigenvalue weighted by molar-refractivity contribution is -0.129. The topological polar surface area (TPSA) is 111 Å². The third-order valence-corrected chi connectivity index (χ3v) is 3.90. The zero-order valence-corrected chi connectivity index (χ0v) is 16.5. The zero-order chi connectivity index (χ0) is 20.4. The van der Waals surface area contributed by atoms with E-state index in [9.17, 15) is 14.4 Å². The fourth-order valence-corrected chi connectivity index (χ4v) is 2.60. The lowest BCUT2D eigenvalue weighted by Crippen LogP contribution is -2.53. The quantitative estimate of drug-likeness (QED) is 0.581. The monoisotopic (exact) mass is 377 g/mol. The summed E-state index contributed by atoms with van der Waals surface area (Å²) in [5.74, 6) is -0.681. The number of benzene rings is 1. The Morgan fingerprint density at radius 1 is 0.926 bits per heavy atom. The molecule has 2 atom stereocenters. The van der Waals surface area contributed by atoms with Crippen LogP contribution in [-0.4, -0.2) is 30.0 Å². The van der Waals surface area contributed by atoms with Gasteiger partial charge in [-0.15, -0.1) is 0 Å². The summed E-state index contributed by atoms with van der Waals surface area (Å²) >= 11 is 0. The van der Waals surface area contributed by atoms with Gasteiger partial charge in [-0.3, -0.25) is 9.59 Å². The predicted octanol–water partition coefficient (Wildman–Crippen LogP) is 2.34. The van der Waals surface area contributed by atoms with Gasteiger partial charge in [-0.2, -0.15) is 0 Å². The van der Waals surface area contributed by atoms with Crippen LogP contribution in [0.25, 0.3) is 0 Å². The Labute approximate surface area is 161 Å². The molecule has 1 aromatic carbocycles. The van der Waals surface area contributed by atoms with E-state index in [4.69, 9.17) is 10.5 Å². The molecule has 0 fully saturated rings. The summed E-state index contributed by atoms with van der Waals surface area (Å²) in [6, 6.07) is 7.69. The van der Waals surface area contributed by atoms with E-state index in [2.05, 4.69) is 10.6 Å². The maximum Gasteiger partial charge on any atom is 0.408 e. The number of alkyl carbamates (subject to hydrolysis) is 1. The fraction of sp³-hybridized carbons (Fsp3) is 0.550. The number of nitrogens with two attached hydrogens (primary N) is 1. The van der Waals surface area contributed by atoms with Crippen molar-refractivity contribution in [1.82, 2.24) is 10.6 Å². The molecule has 3 amide bonds. The second-order valence-corrected chi connectivity index (χ2v) is 7.48. The van der Waals surface area contributed by atoms with Gasteiger partial charge in [-0.25, -0.2) is 4.79 Å². The van der Waals surface area contributed by atoms with E-state index < -0.39 is 30.0 Å². The molecule has 27 heavy (non-hydrogen) atoms. The Balaban J connectivity index is 2.68. The number of hydrogen-bond donors (Lipinski definition) is 3. The molecule has 7 heteroatoms. The van der Waals surface area contributed by atoms with Crippen molar-refractivity contribution >= 4 is 17.9 Å². The van der Waals surface area contributed by atoms with E-state index in [1.807, 2.05) is 58.0 Å². The molecule has 0 unspecified atom stereocenters. The van der Waals surface area contributed by atoms with Crippen LogP contribution in [0.2, 0.25) is 0 Å². The maximum absolute atomic E-state index is 12.6. The molecular weight excluding hydrogens is 346 g/mol. The van der Waals surface area contributed by atoms with Crippen LogP contribution in [-0.2, 0) is 20.9 Å². The summed E-state index contributed by atoms with van der Waals surface area (Å²) in [7, 11) is 0. The second kappa shape index (κ2) is 11.2. The molecule has 150 valence electrons. The molecule has 1 rings (SSSR count). The summed E-state index contributed by atoms with van der Waals surface area (Å²) in [5.41, 5.74) is 6.23.